The van der Waals surface area contributed by atoms with E-state index in [1.165, 1.54) is 128 Å². The zero-order valence-electron chi connectivity index (χ0n) is 54.4. The van der Waals surface area contributed by atoms with Crippen LogP contribution in [-0.2, 0) is 65.4 Å². The summed E-state index contributed by atoms with van der Waals surface area (Å²) in [5, 5.41) is 10.5. The predicted molar refractivity (Wildman–Crippen MR) is 335 cm³/mol. The highest BCUT2D eigenvalue weighted by atomic mass is 31.2. The minimum absolute atomic E-state index is 0.103. The Balaban J connectivity index is 5.25. The van der Waals surface area contributed by atoms with Crippen LogP contribution in [-0.4, -0.2) is 96.7 Å². The molecule has 5 atom stereocenters. The third-order valence-corrected chi connectivity index (χ3v) is 16.8. The van der Waals surface area contributed by atoms with Gasteiger partial charge in [-0.25, -0.2) is 9.13 Å². The summed E-state index contributed by atoms with van der Waals surface area (Å²) in [4.78, 5) is 72.2. The van der Waals surface area contributed by atoms with Crippen molar-refractivity contribution in [3.05, 3.63) is 0 Å². The summed E-state index contributed by atoms with van der Waals surface area (Å²) in [5.74, 6) is 0.0549. The molecule has 0 rings (SSSR count). The molecule has 0 saturated carbocycles. The second-order valence-electron chi connectivity index (χ2n) is 24.9. The molecule has 0 bridgehead atoms. The topological polar surface area (TPSA) is 237 Å². The highest BCUT2D eigenvalue weighted by molar-refractivity contribution is 7.47. The molecule has 0 aromatic heterocycles. The molecular weight excluding hydrogens is 1110 g/mol. The van der Waals surface area contributed by atoms with E-state index in [1.807, 2.05) is 0 Å². The highest BCUT2D eigenvalue weighted by Crippen LogP contribution is 2.45. The van der Waals surface area contributed by atoms with E-state index in [-0.39, 0.29) is 25.7 Å². The molecule has 84 heavy (non-hydrogen) atoms. The summed E-state index contributed by atoms with van der Waals surface area (Å²) >= 11 is 0. The van der Waals surface area contributed by atoms with E-state index >= 15 is 0 Å². The minimum atomic E-state index is -4.95. The number of ether oxygens (including phenoxy) is 4. The number of phosphoric acid groups is 2. The van der Waals surface area contributed by atoms with Gasteiger partial charge in [-0.1, -0.05) is 267 Å². The molecule has 3 N–H and O–H groups in total. The van der Waals surface area contributed by atoms with Gasteiger partial charge in [0.1, 0.15) is 19.3 Å². The Morgan fingerprint density at radius 2 is 0.548 bits per heavy atom. The lowest BCUT2D eigenvalue weighted by atomic mass is 10.0. The number of rotatable bonds is 63. The molecule has 0 aromatic rings. The monoisotopic (exact) mass is 1240 g/mol. The molecule has 0 saturated heterocycles. The molecule has 2 unspecified atom stereocenters. The van der Waals surface area contributed by atoms with Crippen molar-refractivity contribution in [2.45, 2.75) is 336 Å². The maximum absolute atomic E-state index is 13.0. The largest absolute Gasteiger partial charge is 0.472 e. The van der Waals surface area contributed by atoms with Crippen LogP contribution in [0.1, 0.15) is 318 Å². The first kappa shape index (κ1) is 82.1. The van der Waals surface area contributed by atoms with Crippen molar-refractivity contribution in [3.8, 4) is 0 Å². The lowest BCUT2D eigenvalue weighted by Crippen LogP contribution is -2.30. The first-order valence-electron chi connectivity index (χ1n) is 33.8. The van der Waals surface area contributed by atoms with Crippen LogP contribution in [0.25, 0.3) is 0 Å². The summed E-state index contributed by atoms with van der Waals surface area (Å²) in [6.07, 6.45) is 37.6. The van der Waals surface area contributed by atoms with Crippen molar-refractivity contribution in [2.24, 2.45) is 17.8 Å². The second kappa shape index (κ2) is 56.3. The van der Waals surface area contributed by atoms with E-state index < -0.39 is 97.5 Å². The number of hydrogen-bond acceptors (Lipinski definition) is 15. The Labute approximate surface area is 511 Å². The quantitative estimate of drug-likeness (QED) is 0.0222. The lowest BCUT2D eigenvalue weighted by molar-refractivity contribution is -0.161. The summed E-state index contributed by atoms with van der Waals surface area (Å²) in [7, 11) is -9.89. The summed E-state index contributed by atoms with van der Waals surface area (Å²) in [6.45, 7) is 11.7. The highest BCUT2D eigenvalue weighted by Gasteiger charge is 2.30. The average molecular weight is 1240 g/mol. The fourth-order valence-corrected chi connectivity index (χ4v) is 11.2. The van der Waals surface area contributed by atoms with E-state index in [1.54, 1.807) is 0 Å². The van der Waals surface area contributed by atoms with Gasteiger partial charge in [-0.3, -0.25) is 37.3 Å². The number of carbonyl (C=O) groups is 4. The number of aliphatic hydroxyl groups excluding tert-OH is 1. The number of carbonyl (C=O) groups excluding carboxylic acids is 4. The molecule has 17 nitrogen and oxygen atoms in total. The first-order chi connectivity index (χ1) is 40.2. The third-order valence-electron chi connectivity index (χ3n) is 14.9. The molecule has 0 aliphatic carbocycles. The van der Waals surface area contributed by atoms with Gasteiger partial charge in [0.15, 0.2) is 12.2 Å². The van der Waals surface area contributed by atoms with Gasteiger partial charge in [0, 0.05) is 25.7 Å². The van der Waals surface area contributed by atoms with Gasteiger partial charge in [-0.05, 0) is 43.4 Å². The molecule has 0 aliphatic rings. The standard InChI is InChI=1S/C65H126O17P2/c1-8-9-10-11-12-16-25-32-39-46-62(67)75-53-61(82-65(70)49-42-35-28-21-24-31-38-45-58(6)7)55-80-84(73,74)78-51-59(66)50-77-83(71,72)79-54-60(52-76-63(68)47-40-33-26-20-15-18-23-30-37-44-57(4)5)81-64(69)48-41-34-27-19-14-13-17-22-29-36-43-56(2)3/h56-61,66H,8-55H2,1-7H3,(H,71,72)(H,73,74)/t59-,60-,61-/m1/s1. The lowest BCUT2D eigenvalue weighted by Gasteiger charge is -2.21. The molecule has 0 heterocycles. The summed E-state index contributed by atoms with van der Waals surface area (Å²) < 4.78 is 68.0. The summed E-state index contributed by atoms with van der Waals surface area (Å²) in [5.41, 5.74) is 0. The fourth-order valence-electron chi connectivity index (χ4n) is 9.66. The van der Waals surface area contributed by atoms with E-state index in [4.69, 9.17) is 37.0 Å². The number of hydrogen-bond donors (Lipinski definition) is 3. The SMILES string of the molecule is CCCCCCCCCCCC(=O)OC[C@H](COP(=O)(O)OC[C@H](O)COP(=O)(O)OC[C@@H](COC(=O)CCCCCCCCCCCC(C)C)OC(=O)CCCCCCCCCCCCC(C)C)OC(=O)CCCCCCCCCC(C)C. The minimum Gasteiger partial charge on any atom is -0.462 e. The van der Waals surface area contributed by atoms with Crippen molar-refractivity contribution in [3.63, 3.8) is 0 Å². The number of aliphatic hydroxyl groups is 1. The molecule has 0 amide bonds. The Hall–Kier alpha value is -1.94. The van der Waals surface area contributed by atoms with Crippen LogP contribution >= 0.6 is 15.6 Å². The van der Waals surface area contributed by atoms with Gasteiger partial charge in [-0.15, -0.1) is 0 Å². The molecule has 0 spiro atoms. The van der Waals surface area contributed by atoms with Crippen LogP contribution in [0.3, 0.4) is 0 Å². The van der Waals surface area contributed by atoms with Crippen molar-refractivity contribution in [1.82, 2.24) is 0 Å². The molecule has 0 radical (unpaired) electrons. The van der Waals surface area contributed by atoms with Gasteiger partial charge in [0.2, 0.25) is 0 Å². The van der Waals surface area contributed by atoms with Crippen LogP contribution in [0.15, 0.2) is 0 Å². The van der Waals surface area contributed by atoms with Gasteiger partial charge in [-0.2, -0.15) is 0 Å². The van der Waals surface area contributed by atoms with Crippen LogP contribution in [0.2, 0.25) is 0 Å². The van der Waals surface area contributed by atoms with E-state index in [0.29, 0.717) is 31.6 Å². The van der Waals surface area contributed by atoms with Gasteiger partial charge < -0.3 is 33.8 Å². The second-order valence-corrected chi connectivity index (χ2v) is 27.8. The van der Waals surface area contributed by atoms with Crippen LogP contribution < -0.4 is 0 Å². The Kier molecular flexibility index (Phi) is 55.0. The molecule has 0 aliphatic heterocycles. The number of phosphoric ester groups is 2. The van der Waals surface area contributed by atoms with E-state index in [2.05, 4.69) is 48.5 Å². The van der Waals surface area contributed by atoms with Crippen LogP contribution in [0.5, 0.6) is 0 Å². The molecule has 0 fully saturated rings. The van der Waals surface area contributed by atoms with Gasteiger partial charge in [0.05, 0.1) is 26.4 Å². The van der Waals surface area contributed by atoms with Crippen molar-refractivity contribution in [2.75, 3.05) is 39.6 Å². The Morgan fingerprint density at radius 3 is 0.810 bits per heavy atom. The zero-order chi connectivity index (χ0) is 62.4. The third kappa shape index (κ3) is 59.0. The molecular formula is C65H126O17P2. The summed E-state index contributed by atoms with van der Waals surface area (Å²) in [6, 6.07) is 0. The van der Waals surface area contributed by atoms with Crippen molar-refractivity contribution < 1.29 is 80.2 Å². The van der Waals surface area contributed by atoms with E-state index in [0.717, 1.165) is 102 Å². The van der Waals surface area contributed by atoms with E-state index in [9.17, 15) is 43.2 Å². The van der Waals surface area contributed by atoms with Crippen LogP contribution in [0, 0.1) is 17.8 Å². The van der Waals surface area contributed by atoms with Gasteiger partial charge in [0.25, 0.3) is 0 Å². The smallest absolute Gasteiger partial charge is 0.462 e. The maximum Gasteiger partial charge on any atom is 0.472 e. The van der Waals surface area contributed by atoms with Crippen molar-refractivity contribution >= 4 is 39.5 Å². The van der Waals surface area contributed by atoms with Gasteiger partial charge >= 0.3 is 39.5 Å². The molecule has 19 heteroatoms. The number of esters is 4. The Morgan fingerprint density at radius 1 is 0.321 bits per heavy atom. The fraction of sp³-hybridized carbons (Fsp3) is 0.938. The maximum atomic E-state index is 13.0. The first-order valence-corrected chi connectivity index (χ1v) is 36.8. The zero-order valence-corrected chi connectivity index (χ0v) is 56.1. The molecule has 498 valence electrons. The molecule has 0 aromatic carbocycles. The predicted octanol–water partition coefficient (Wildman–Crippen LogP) is 17.9. The number of unbranched alkanes of at least 4 members (excludes halogenated alkanes) is 31. The van der Waals surface area contributed by atoms with Crippen LogP contribution in [0.4, 0.5) is 0 Å². The average Bonchev–Trinajstić information content (AvgIpc) is 3.51. The Bertz CT molecular complexity index is 1660. The normalized spacial score (nSPS) is 14.3. The van der Waals surface area contributed by atoms with Crippen molar-refractivity contribution in [1.29, 1.82) is 0 Å².